The Hall–Kier alpha value is -10.6. The lowest BCUT2D eigenvalue weighted by Gasteiger charge is -2.38. The molecule has 6 heterocycles. The molecule has 6 aliphatic rings. The predicted molar refractivity (Wildman–Crippen MR) is 376 cm³/mol. The van der Waals surface area contributed by atoms with Gasteiger partial charge >= 0.3 is 23.8 Å². The number of benzene rings is 4. The molecule has 0 aromatic heterocycles. The molecular formula is C75H87N7O25. The van der Waals surface area contributed by atoms with Crippen molar-refractivity contribution >= 4 is 76.3 Å². The summed E-state index contributed by atoms with van der Waals surface area (Å²) in [5.41, 5.74) is 2.45. The first-order valence-corrected chi connectivity index (χ1v) is 35.2. The van der Waals surface area contributed by atoms with E-state index < -0.39 is 126 Å². The number of aliphatic hydroxyl groups is 5. The Labute approximate surface area is 614 Å². The number of imide groups is 1. The van der Waals surface area contributed by atoms with E-state index >= 15 is 0 Å². The number of aliphatic hydroxyl groups excluding tert-OH is 5. The molecule has 0 radical (unpaired) electrons. The topological polar surface area (TPSA) is 428 Å². The molecule has 7 N–H and O–H groups in total. The third kappa shape index (κ3) is 17.9. The monoisotopic (exact) mass is 1490 g/mol. The fraction of sp³-hybridized carbons (Fsp3) is 0.467. The maximum atomic E-state index is 14.3. The number of Topliss-reactive ketones (excluding diaryl/α,β-unsaturated/α-hetero) is 2. The zero-order valence-electron chi connectivity index (χ0n) is 60.0. The SMILES string of the molecule is COc1cc2c(cc1OCCCCCOc1cc3c(cc1C)C(=O)N1C=C(C)C[C@H]1[C@H](O)N3C(=O)OCc1ccc(CC(=O)[C@H](C)NC(=O)[C@@H](CC(=O)CCCCCN3C(=O)C=CC3=O)C(C)C)cc1)N(C(=O)OCc1ccc(O[C@@H]3O[C@H](C(=O)O)[C@@H](O)[C@H](O)[C@H]3O)c([N+](=O)[O-])c1)[C@@H](O)[C@@H]1CC(C)=CN1C2=O. The standard InChI is InChI=1S/C75H87N7O25/c1-39(2)48(31-47(83)14-10-8-11-23-77-61(85)21-22-62(77)86)67(90)76-43(6)56(84)30-44-15-17-45(18-16-44)37-104-74(97)80-51-33-58(42(5)28-49(51)68(91)78-35-40(3)26-54(78)70(80)93)102-24-12-9-13-25-103-60-34-52-50(32-59(60)101-7)69(92)79-36-41(4)27-55(79)71(94)81(52)75(98)105-38-46-19-20-57(53(29-46)82(99)100)106-73-65(89)63(87)64(88)66(107-73)72(95)96/h15-22,28-29,32-36,39,43,48,54-55,63-66,70-71,73,87-89,93-94H,8-14,23-27,30-31,37-38H2,1-7H3,(H,76,90)(H,95,96)/t43-,48-,54-,55-,63-,64-,65+,66-,70-,71-,73+/m0/s1. The number of fused-ring (bicyclic) bond motifs is 4. The highest BCUT2D eigenvalue weighted by molar-refractivity contribution is 6.13. The van der Waals surface area contributed by atoms with Gasteiger partial charge in [0.15, 0.2) is 41.6 Å². The fourth-order valence-corrected chi connectivity index (χ4v) is 13.5. The van der Waals surface area contributed by atoms with Crippen molar-refractivity contribution in [3.63, 3.8) is 0 Å². The van der Waals surface area contributed by atoms with Crippen LogP contribution in [0.4, 0.5) is 26.7 Å². The molecule has 4 aromatic carbocycles. The second-order valence-corrected chi connectivity index (χ2v) is 27.7. The van der Waals surface area contributed by atoms with Crippen molar-refractivity contribution in [3.8, 4) is 23.0 Å². The minimum Gasteiger partial charge on any atom is -0.493 e. The van der Waals surface area contributed by atoms with Crippen LogP contribution in [-0.2, 0) is 62.6 Å². The van der Waals surface area contributed by atoms with Crippen molar-refractivity contribution in [3.05, 3.63) is 146 Å². The summed E-state index contributed by atoms with van der Waals surface area (Å²) in [6.45, 7) is 10.1. The van der Waals surface area contributed by atoms with Crippen LogP contribution in [0.1, 0.15) is 142 Å². The van der Waals surface area contributed by atoms with Crippen LogP contribution in [0.25, 0.3) is 0 Å². The van der Waals surface area contributed by atoms with E-state index in [2.05, 4.69) is 5.32 Å². The molecule has 7 amide bonds. The quantitative estimate of drug-likeness (QED) is 0.0125. The number of carboxylic acids is 1. The number of rotatable bonds is 31. The third-order valence-electron chi connectivity index (χ3n) is 19.5. The maximum Gasteiger partial charge on any atom is 0.416 e. The van der Waals surface area contributed by atoms with Gasteiger partial charge in [-0.3, -0.25) is 48.6 Å². The number of methoxy groups -OCH3 is 1. The summed E-state index contributed by atoms with van der Waals surface area (Å²) in [6.07, 6.45) is -6.24. The lowest BCUT2D eigenvalue weighted by Crippen LogP contribution is -2.61. The van der Waals surface area contributed by atoms with Gasteiger partial charge in [0.05, 0.1) is 65.9 Å². The number of nitrogens with one attached hydrogen (secondary N) is 1. The Morgan fingerprint density at radius 3 is 1.76 bits per heavy atom. The third-order valence-corrected chi connectivity index (χ3v) is 19.5. The first kappa shape index (κ1) is 78.9. The van der Waals surface area contributed by atoms with Gasteiger partial charge in [-0.15, -0.1) is 0 Å². The van der Waals surface area contributed by atoms with Gasteiger partial charge in [0.25, 0.3) is 23.6 Å². The van der Waals surface area contributed by atoms with Crippen molar-refractivity contribution < 1.29 is 117 Å². The zero-order chi connectivity index (χ0) is 77.4. The number of carbonyl (C=O) groups excluding carboxylic acids is 9. The lowest BCUT2D eigenvalue weighted by molar-refractivity contribution is -0.387. The summed E-state index contributed by atoms with van der Waals surface area (Å²) in [5, 5.41) is 79.3. The summed E-state index contributed by atoms with van der Waals surface area (Å²) in [5.74, 6) is -5.19. The molecule has 0 unspecified atom stereocenters. The summed E-state index contributed by atoms with van der Waals surface area (Å²) in [6, 6.07) is 13.1. The van der Waals surface area contributed by atoms with Crippen molar-refractivity contribution in [2.45, 2.75) is 187 Å². The van der Waals surface area contributed by atoms with Crippen LogP contribution >= 0.6 is 0 Å². The maximum absolute atomic E-state index is 14.3. The molecule has 1 saturated heterocycles. The van der Waals surface area contributed by atoms with Gasteiger partial charge in [0, 0.05) is 74.5 Å². The minimum atomic E-state index is -2.06. The number of hydrogen-bond acceptors (Lipinski definition) is 24. The highest BCUT2D eigenvalue weighted by Gasteiger charge is 2.50. The molecule has 32 heteroatoms. The number of nitro groups is 1. The number of hydrogen-bond donors (Lipinski definition) is 7. The summed E-state index contributed by atoms with van der Waals surface area (Å²) < 4.78 is 40.2. The van der Waals surface area contributed by atoms with E-state index in [1.54, 1.807) is 63.5 Å². The van der Waals surface area contributed by atoms with Crippen LogP contribution in [0.5, 0.6) is 23.0 Å². The summed E-state index contributed by atoms with van der Waals surface area (Å²) >= 11 is 0. The lowest BCUT2D eigenvalue weighted by atomic mass is 9.88. The van der Waals surface area contributed by atoms with Crippen LogP contribution in [-0.4, -0.2) is 198 Å². The van der Waals surface area contributed by atoms with Gasteiger partial charge in [0.1, 0.15) is 43.1 Å². The molecule has 107 heavy (non-hydrogen) atoms. The van der Waals surface area contributed by atoms with E-state index in [0.717, 1.165) is 32.4 Å². The Balaban J connectivity index is 0.736. The highest BCUT2D eigenvalue weighted by Crippen LogP contribution is 2.44. The Bertz CT molecular complexity index is 4200. The number of carbonyl (C=O) groups is 10. The van der Waals surface area contributed by atoms with E-state index in [1.165, 1.54) is 53.3 Å². The first-order valence-electron chi connectivity index (χ1n) is 35.2. The van der Waals surface area contributed by atoms with Crippen molar-refractivity contribution in [2.24, 2.45) is 11.8 Å². The van der Waals surface area contributed by atoms with Crippen LogP contribution in [0.3, 0.4) is 0 Å². The highest BCUT2D eigenvalue weighted by atomic mass is 16.7. The van der Waals surface area contributed by atoms with Crippen LogP contribution in [0.2, 0.25) is 0 Å². The van der Waals surface area contributed by atoms with Crippen LogP contribution < -0.4 is 34.1 Å². The van der Waals surface area contributed by atoms with Crippen LogP contribution in [0, 0.1) is 28.9 Å². The van der Waals surface area contributed by atoms with E-state index in [-0.39, 0.29) is 127 Å². The van der Waals surface area contributed by atoms with Gasteiger partial charge in [-0.1, -0.05) is 61.7 Å². The van der Waals surface area contributed by atoms with Gasteiger partial charge in [-0.25, -0.2) is 24.2 Å². The van der Waals surface area contributed by atoms with Crippen molar-refractivity contribution in [2.75, 3.05) is 36.7 Å². The molecule has 1 fully saturated rings. The molecule has 6 aliphatic heterocycles. The van der Waals surface area contributed by atoms with E-state index in [0.29, 0.717) is 66.5 Å². The number of ether oxygens (including phenoxy) is 7. The van der Waals surface area contributed by atoms with E-state index in [1.807, 2.05) is 20.8 Å². The molecule has 10 rings (SSSR count). The van der Waals surface area contributed by atoms with Gasteiger partial charge in [-0.05, 0) is 119 Å². The summed E-state index contributed by atoms with van der Waals surface area (Å²) in [7, 11) is 1.35. The minimum absolute atomic E-state index is 0.00369. The normalized spacial score (nSPS) is 22.2. The molecule has 0 bridgehead atoms. The fourth-order valence-electron chi connectivity index (χ4n) is 13.5. The molecule has 0 saturated carbocycles. The predicted octanol–water partition coefficient (Wildman–Crippen LogP) is 6.33. The number of aryl methyl sites for hydroxylation is 1. The van der Waals surface area contributed by atoms with Gasteiger partial charge in [-0.2, -0.15) is 0 Å². The molecule has 11 atom stereocenters. The van der Waals surface area contributed by atoms with Crippen molar-refractivity contribution in [1.82, 2.24) is 20.0 Å². The second kappa shape index (κ2) is 34.3. The van der Waals surface area contributed by atoms with Crippen molar-refractivity contribution in [1.29, 1.82) is 0 Å². The first-order chi connectivity index (χ1) is 50.9. The Kier molecular flexibility index (Phi) is 25.3. The largest absolute Gasteiger partial charge is 0.493 e. The van der Waals surface area contributed by atoms with E-state index in [9.17, 15) is 88.7 Å². The smallest absolute Gasteiger partial charge is 0.416 e. The van der Waals surface area contributed by atoms with Gasteiger partial charge in [0.2, 0.25) is 12.2 Å². The second-order valence-electron chi connectivity index (χ2n) is 27.7. The number of nitro benzene ring substituents is 1. The molecular weight excluding hydrogens is 1400 g/mol. The van der Waals surface area contributed by atoms with E-state index in [4.69, 9.17) is 33.2 Å². The number of amides is 7. The molecule has 32 nitrogen and oxygen atoms in total. The number of nitrogens with zero attached hydrogens (tertiary/aromatic N) is 6. The number of anilines is 2. The average Bonchev–Trinajstić information content (AvgIpc) is 1.62. The number of unbranched alkanes of at least 4 members (excludes halogenated alkanes) is 4. The van der Waals surface area contributed by atoms with Crippen LogP contribution in [0.15, 0.2) is 102 Å². The Morgan fingerprint density at radius 1 is 0.645 bits per heavy atom. The molecule has 0 spiro atoms. The Morgan fingerprint density at radius 2 is 1.19 bits per heavy atom. The van der Waals surface area contributed by atoms with Gasteiger partial charge < -0.3 is 78.9 Å². The molecule has 572 valence electrons. The zero-order valence-corrected chi connectivity index (χ0v) is 60.0. The number of carboxylic acid groups (broad SMARTS) is 1. The average molecular weight is 1490 g/mol. The summed E-state index contributed by atoms with van der Waals surface area (Å²) in [4.78, 5) is 150. The number of ketones is 2. The number of aliphatic carboxylic acids is 1. The molecule has 0 aliphatic carbocycles. The molecule has 4 aromatic rings.